The Hall–Kier alpha value is -6.88. The summed E-state index contributed by atoms with van der Waals surface area (Å²) in [4.78, 5) is 3.76. The molecule has 0 bridgehead atoms. The third-order valence-corrected chi connectivity index (χ3v) is 10.8. The normalized spacial score (nSPS) is 10.5. The number of amidine groups is 1. The van der Waals surface area contributed by atoms with Gasteiger partial charge in [0, 0.05) is 31.3 Å². The fraction of sp³-hybridized carbons (Fsp3) is 0.0385. The van der Waals surface area contributed by atoms with E-state index >= 15 is 0 Å². The van der Waals surface area contributed by atoms with Crippen molar-refractivity contribution >= 4 is 44.1 Å². The zero-order chi connectivity index (χ0) is 38.7. The zero-order valence-electron chi connectivity index (χ0n) is 31.4. The molecule has 272 valence electrons. The Morgan fingerprint density at radius 2 is 1.04 bits per heavy atom. The minimum absolute atomic E-state index is 0.0758. The molecule has 0 fully saturated rings. The number of benzene rings is 8. The second-order valence-corrected chi connectivity index (χ2v) is 14.5. The number of nitrogens with two attached hydrogens (primary N) is 1. The van der Waals surface area contributed by atoms with Crippen molar-refractivity contribution in [1.82, 2.24) is 0 Å². The Morgan fingerprint density at radius 3 is 1.59 bits per heavy atom. The van der Waals surface area contributed by atoms with Crippen molar-refractivity contribution in [3.05, 3.63) is 217 Å². The number of nitrogens with zero attached hydrogens (tertiary/aromatic N) is 1. The monoisotopic (exact) mass is 741 g/mol. The van der Waals surface area contributed by atoms with E-state index in [4.69, 9.17) is 11.1 Å². The first-order chi connectivity index (χ1) is 27.5. The van der Waals surface area contributed by atoms with Crippen molar-refractivity contribution in [3.63, 3.8) is 0 Å². The van der Waals surface area contributed by atoms with E-state index in [-0.39, 0.29) is 5.84 Å². The molecule has 0 saturated carbocycles. The van der Waals surface area contributed by atoms with E-state index in [2.05, 4.69) is 152 Å². The molecule has 0 saturated heterocycles. The first-order valence-corrected chi connectivity index (χ1v) is 19.4. The number of nitrogens with one attached hydrogen (secondary N) is 1. The van der Waals surface area contributed by atoms with E-state index in [1.165, 1.54) is 64.7 Å². The molecular formula is C52H43N3S. The molecule has 0 amide bonds. The summed E-state index contributed by atoms with van der Waals surface area (Å²) in [5, 5.41) is 10.5. The van der Waals surface area contributed by atoms with Crippen molar-refractivity contribution in [3.8, 4) is 44.5 Å². The molecule has 0 unspecified atom stereocenters. The Bertz CT molecular complexity index is 2690. The second kappa shape index (κ2) is 18.0. The van der Waals surface area contributed by atoms with Crippen molar-refractivity contribution in [2.75, 3.05) is 0 Å². The quantitative estimate of drug-likeness (QED) is 0.124. The fourth-order valence-electron chi connectivity index (χ4n) is 6.80. The predicted molar refractivity (Wildman–Crippen MR) is 243 cm³/mol. The van der Waals surface area contributed by atoms with Gasteiger partial charge in [-0.3, -0.25) is 10.4 Å². The molecule has 0 atom stereocenters. The van der Waals surface area contributed by atoms with Crippen LogP contribution in [-0.2, 0) is 6.54 Å². The smallest absolute Gasteiger partial charge is 0.122 e. The summed E-state index contributed by atoms with van der Waals surface area (Å²) >= 11 is 1.86. The lowest BCUT2D eigenvalue weighted by Crippen LogP contribution is -2.10. The number of hydrogen-bond acceptors (Lipinski definition) is 3. The molecule has 56 heavy (non-hydrogen) atoms. The highest BCUT2D eigenvalue weighted by Gasteiger charge is 2.19. The molecule has 9 rings (SSSR count). The van der Waals surface area contributed by atoms with Gasteiger partial charge < -0.3 is 5.73 Å². The lowest BCUT2D eigenvalue weighted by Gasteiger charge is -2.12. The highest BCUT2D eigenvalue weighted by molar-refractivity contribution is 7.27. The Balaban J connectivity index is 0.000000249. The van der Waals surface area contributed by atoms with Crippen molar-refractivity contribution in [2.24, 2.45) is 10.7 Å². The summed E-state index contributed by atoms with van der Waals surface area (Å²) in [7, 11) is 0. The van der Waals surface area contributed by atoms with Gasteiger partial charge in [-0.25, -0.2) is 0 Å². The molecule has 1 heterocycles. The van der Waals surface area contributed by atoms with Crippen LogP contribution in [0.25, 0.3) is 64.7 Å². The van der Waals surface area contributed by atoms with Gasteiger partial charge in [-0.1, -0.05) is 188 Å². The maximum atomic E-state index is 8.03. The van der Waals surface area contributed by atoms with Gasteiger partial charge in [0.2, 0.25) is 0 Å². The summed E-state index contributed by atoms with van der Waals surface area (Å²) in [6.45, 7) is 6.21. The molecule has 3 N–H and O–H groups in total. The third kappa shape index (κ3) is 8.73. The topological polar surface area (TPSA) is 62.2 Å². The van der Waals surface area contributed by atoms with Gasteiger partial charge in [-0.15, -0.1) is 11.3 Å². The van der Waals surface area contributed by atoms with Gasteiger partial charge in [-0.05, 0) is 76.3 Å². The highest BCUT2D eigenvalue weighted by atomic mass is 32.1. The standard InChI is InChI=1S/C37H26N2S.C8H9N.C7H8/c38-37(39)28-18-10-17-27(21-28)30-19-20-31(25-13-6-2-7-14-25)36-34(30)33-23-29(24-11-4-1-5-12-24)22-32(35(33)40-36)26-15-8-3-9-16-26;1-9-7-8-5-3-2-4-6-8;1-7-5-3-2-4-6-7/h1-23H,(H3,38,39);2-6H,1,7H2;2-6H,1H3. The lowest BCUT2D eigenvalue weighted by molar-refractivity contribution is 1.08. The molecule has 9 aromatic rings. The first kappa shape index (κ1) is 37.4. The van der Waals surface area contributed by atoms with Crippen LogP contribution >= 0.6 is 11.3 Å². The molecule has 0 spiro atoms. The highest BCUT2D eigenvalue weighted by Crippen LogP contribution is 2.49. The lowest BCUT2D eigenvalue weighted by atomic mass is 9.91. The van der Waals surface area contributed by atoms with E-state index < -0.39 is 0 Å². The number of rotatable bonds is 7. The molecule has 1 aromatic heterocycles. The van der Waals surface area contributed by atoms with Crippen LogP contribution in [0.4, 0.5) is 0 Å². The van der Waals surface area contributed by atoms with Crippen molar-refractivity contribution < 1.29 is 0 Å². The number of nitrogen functional groups attached to an aromatic ring is 1. The van der Waals surface area contributed by atoms with Gasteiger partial charge in [0.05, 0.1) is 6.54 Å². The maximum absolute atomic E-state index is 8.03. The minimum atomic E-state index is 0.0758. The molecule has 0 aliphatic heterocycles. The Labute approximate surface area is 333 Å². The molecular weight excluding hydrogens is 699 g/mol. The van der Waals surface area contributed by atoms with E-state index in [1.54, 1.807) is 0 Å². The summed E-state index contributed by atoms with van der Waals surface area (Å²) in [6.07, 6.45) is 0. The van der Waals surface area contributed by atoms with Crippen molar-refractivity contribution in [1.29, 1.82) is 5.41 Å². The third-order valence-electron chi connectivity index (χ3n) is 9.56. The summed E-state index contributed by atoms with van der Waals surface area (Å²) in [6, 6.07) is 69.4. The predicted octanol–water partition coefficient (Wildman–Crippen LogP) is 13.9. The van der Waals surface area contributed by atoms with E-state index in [9.17, 15) is 0 Å². The van der Waals surface area contributed by atoms with Crippen LogP contribution in [0.3, 0.4) is 0 Å². The minimum Gasteiger partial charge on any atom is -0.384 e. The summed E-state index contributed by atoms with van der Waals surface area (Å²) < 4.78 is 2.53. The van der Waals surface area contributed by atoms with Crippen LogP contribution in [0.5, 0.6) is 0 Å². The Morgan fingerprint density at radius 1 is 0.518 bits per heavy atom. The number of aryl methyl sites for hydroxylation is 1. The molecule has 8 aromatic carbocycles. The summed E-state index contributed by atoms with van der Waals surface area (Å²) in [5.74, 6) is 0.0758. The average molecular weight is 742 g/mol. The van der Waals surface area contributed by atoms with Gasteiger partial charge in [0.1, 0.15) is 5.84 Å². The molecule has 3 nitrogen and oxygen atoms in total. The number of fused-ring (bicyclic) bond motifs is 3. The average Bonchev–Trinajstić information content (AvgIpc) is 3.65. The SMILES string of the molecule is C=NCc1ccccc1.Cc1ccccc1.N=C(N)c1cccc(-c2ccc(-c3ccccc3)c3sc4c(-c5ccccc5)cc(-c5ccccc5)cc4c23)c1. The van der Waals surface area contributed by atoms with Crippen LogP contribution in [0.1, 0.15) is 16.7 Å². The second-order valence-electron chi connectivity index (χ2n) is 13.5. The van der Waals surface area contributed by atoms with Crippen LogP contribution < -0.4 is 5.73 Å². The molecule has 0 aliphatic carbocycles. The largest absolute Gasteiger partial charge is 0.384 e. The van der Waals surface area contributed by atoms with E-state index in [0.717, 1.165) is 23.2 Å². The van der Waals surface area contributed by atoms with E-state index in [0.29, 0.717) is 0 Å². The zero-order valence-corrected chi connectivity index (χ0v) is 32.2. The molecule has 0 aliphatic rings. The number of hydrogen-bond donors (Lipinski definition) is 2. The molecule has 4 heteroatoms. The first-order valence-electron chi connectivity index (χ1n) is 18.6. The van der Waals surface area contributed by atoms with Gasteiger partial charge in [0.15, 0.2) is 0 Å². The molecule has 0 radical (unpaired) electrons. The Kier molecular flexibility index (Phi) is 12.0. The van der Waals surface area contributed by atoms with Gasteiger partial charge in [0.25, 0.3) is 0 Å². The van der Waals surface area contributed by atoms with Gasteiger partial charge in [-0.2, -0.15) is 0 Å². The van der Waals surface area contributed by atoms with Crippen LogP contribution in [0.15, 0.2) is 205 Å². The van der Waals surface area contributed by atoms with E-state index in [1.807, 2.05) is 78.1 Å². The van der Waals surface area contributed by atoms with Crippen LogP contribution in [0.2, 0.25) is 0 Å². The van der Waals surface area contributed by atoms with Crippen LogP contribution in [0, 0.1) is 12.3 Å². The summed E-state index contributed by atoms with van der Waals surface area (Å²) in [5.41, 5.74) is 18.6. The number of aliphatic imine (C=N–C) groups is 1. The van der Waals surface area contributed by atoms with Gasteiger partial charge >= 0.3 is 0 Å². The van der Waals surface area contributed by atoms with Crippen molar-refractivity contribution in [2.45, 2.75) is 13.5 Å². The maximum Gasteiger partial charge on any atom is 0.122 e. The van der Waals surface area contributed by atoms with Crippen LogP contribution in [-0.4, -0.2) is 12.6 Å². The number of thiophene rings is 1. The fourth-order valence-corrected chi connectivity index (χ4v) is 8.18.